The summed E-state index contributed by atoms with van der Waals surface area (Å²) in [4.78, 5) is 22.5. The zero-order valence-electron chi connectivity index (χ0n) is 11.2. The van der Waals surface area contributed by atoms with Crippen molar-refractivity contribution in [2.45, 2.75) is 18.9 Å². The second-order valence-corrected chi connectivity index (χ2v) is 4.86. The van der Waals surface area contributed by atoms with Crippen LogP contribution in [0.5, 0.6) is 0 Å². The van der Waals surface area contributed by atoms with E-state index in [4.69, 9.17) is 9.47 Å². The molecule has 20 heavy (non-hydrogen) atoms. The Bertz CT molecular complexity index is 453. The quantitative estimate of drug-likeness (QED) is 0.864. The summed E-state index contributed by atoms with van der Waals surface area (Å²) in [6, 6.07) is 0. The fourth-order valence-electron chi connectivity index (χ4n) is 2.32. The van der Waals surface area contributed by atoms with Crippen molar-refractivity contribution in [3.8, 4) is 0 Å². The number of hydrogen-bond acceptors (Lipinski definition) is 6. The van der Waals surface area contributed by atoms with Gasteiger partial charge in [-0.1, -0.05) is 0 Å². The predicted molar refractivity (Wildman–Crippen MR) is 72.7 cm³/mol. The Hall–Kier alpha value is -1.73. The van der Waals surface area contributed by atoms with E-state index in [9.17, 15) is 4.79 Å². The van der Waals surface area contributed by atoms with Crippen LogP contribution in [-0.4, -0.2) is 54.9 Å². The predicted octanol–water partition coefficient (Wildman–Crippen LogP) is 0.431. The molecule has 0 bridgehead atoms. The largest absolute Gasteiger partial charge is 0.378 e. The van der Waals surface area contributed by atoms with Gasteiger partial charge in [0, 0.05) is 19.7 Å². The van der Waals surface area contributed by atoms with Crippen molar-refractivity contribution in [2.75, 3.05) is 43.1 Å². The van der Waals surface area contributed by atoms with Crippen LogP contribution in [0.4, 0.5) is 11.6 Å². The number of carbonyl (C=O) groups is 1. The minimum atomic E-state index is -0.339. The van der Waals surface area contributed by atoms with Gasteiger partial charge in [-0.3, -0.25) is 4.79 Å². The second kappa shape index (κ2) is 6.15. The first-order valence-corrected chi connectivity index (χ1v) is 6.90. The average Bonchev–Trinajstić information content (AvgIpc) is 3.03. The molecule has 0 radical (unpaired) electrons. The summed E-state index contributed by atoms with van der Waals surface area (Å²) in [6.45, 7) is 3.63. The fourth-order valence-corrected chi connectivity index (χ4v) is 2.32. The van der Waals surface area contributed by atoms with Crippen molar-refractivity contribution in [1.29, 1.82) is 0 Å². The number of carbonyl (C=O) groups excluding carboxylic acids is 1. The van der Waals surface area contributed by atoms with Crippen molar-refractivity contribution >= 4 is 17.5 Å². The molecule has 7 nitrogen and oxygen atoms in total. The number of rotatable bonds is 3. The third-order valence-corrected chi connectivity index (χ3v) is 3.42. The maximum Gasteiger partial charge on any atom is 0.253 e. The van der Waals surface area contributed by atoms with E-state index in [1.54, 1.807) is 12.4 Å². The molecule has 2 aliphatic heterocycles. The monoisotopic (exact) mass is 278 g/mol. The number of anilines is 2. The average molecular weight is 278 g/mol. The van der Waals surface area contributed by atoms with Crippen molar-refractivity contribution in [3.63, 3.8) is 0 Å². The second-order valence-electron chi connectivity index (χ2n) is 4.86. The van der Waals surface area contributed by atoms with Gasteiger partial charge >= 0.3 is 0 Å². The van der Waals surface area contributed by atoms with Crippen LogP contribution < -0.4 is 10.2 Å². The molecule has 1 aromatic rings. The Morgan fingerprint density at radius 1 is 1.25 bits per heavy atom. The van der Waals surface area contributed by atoms with E-state index in [0.29, 0.717) is 31.5 Å². The molecule has 1 atom stereocenters. The van der Waals surface area contributed by atoms with E-state index < -0.39 is 0 Å². The molecule has 7 heteroatoms. The Morgan fingerprint density at radius 3 is 2.65 bits per heavy atom. The fraction of sp³-hybridized carbons (Fsp3) is 0.615. The van der Waals surface area contributed by atoms with Gasteiger partial charge in [-0.2, -0.15) is 0 Å². The Labute approximate surface area is 117 Å². The van der Waals surface area contributed by atoms with Crippen LogP contribution >= 0.6 is 0 Å². The van der Waals surface area contributed by atoms with E-state index in [1.807, 2.05) is 0 Å². The number of nitrogens with one attached hydrogen (secondary N) is 1. The van der Waals surface area contributed by atoms with Crippen LogP contribution in [0.1, 0.15) is 12.8 Å². The third kappa shape index (κ3) is 3.05. The summed E-state index contributed by atoms with van der Waals surface area (Å²) in [5, 5.41) is 2.78. The SMILES string of the molecule is O=C(Nc1cnc(N2CCOCC2)nc1)[C@H]1CCCO1. The van der Waals surface area contributed by atoms with Gasteiger partial charge in [0.25, 0.3) is 5.91 Å². The molecular weight excluding hydrogens is 260 g/mol. The van der Waals surface area contributed by atoms with Crippen molar-refractivity contribution in [3.05, 3.63) is 12.4 Å². The highest BCUT2D eigenvalue weighted by Crippen LogP contribution is 2.16. The standard InChI is InChI=1S/C13H18N4O3/c18-12(11-2-1-5-20-11)16-10-8-14-13(15-9-10)17-3-6-19-7-4-17/h8-9,11H,1-7H2,(H,16,18)/t11-/m1/s1. The Kier molecular flexibility index (Phi) is 4.08. The molecule has 2 aliphatic rings. The molecular formula is C13H18N4O3. The molecule has 0 unspecified atom stereocenters. The number of aromatic nitrogens is 2. The van der Waals surface area contributed by atoms with Gasteiger partial charge in [0.1, 0.15) is 6.10 Å². The topological polar surface area (TPSA) is 76.6 Å². The van der Waals surface area contributed by atoms with Crippen LogP contribution in [0, 0.1) is 0 Å². The van der Waals surface area contributed by atoms with Crippen molar-refractivity contribution in [2.24, 2.45) is 0 Å². The maximum atomic E-state index is 11.9. The maximum absolute atomic E-state index is 11.9. The van der Waals surface area contributed by atoms with Crippen LogP contribution in [0.25, 0.3) is 0 Å². The third-order valence-electron chi connectivity index (χ3n) is 3.42. The number of hydrogen-bond donors (Lipinski definition) is 1. The lowest BCUT2D eigenvalue weighted by Crippen LogP contribution is -2.37. The van der Waals surface area contributed by atoms with Gasteiger partial charge in [0.2, 0.25) is 5.95 Å². The van der Waals surface area contributed by atoms with E-state index in [-0.39, 0.29) is 12.0 Å². The van der Waals surface area contributed by atoms with Crippen molar-refractivity contribution < 1.29 is 14.3 Å². The lowest BCUT2D eigenvalue weighted by molar-refractivity contribution is -0.124. The number of nitrogens with zero attached hydrogens (tertiary/aromatic N) is 3. The molecule has 108 valence electrons. The lowest BCUT2D eigenvalue weighted by atomic mass is 10.2. The van der Waals surface area contributed by atoms with Gasteiger partial charge < -0.3 is 19.7 Å². The highest BCUT2D eigenvalue weighted by atomic mass is 16.5. The van der Waals surface area contributed by atoms with E-state index >= 15 is 0 Å². The molecule has 2 saturated heterocycles. The Balaban J connectivity index is 1.59. The molecule has 0 aromatic carbocycles. The molecule has 0 spiro atoms. The number of amides is 1. The zero-order chi connectivity index (χ0) is 13.8. The molecule has 1 N–H and O–H groups in total. The smallest absolute Gasteiger partial charge is 0.253 e. The first-order valence-electron chi connectivity index (χ1n) is 6.90. The molecule has 2 fully saturated rings. The first-order chi connectivity index (χ1) is 9.83. The number of ether oxygens (including phenoxy) is 2. The van der Waals surface area contributed by atoms with Gasteiger partial charge in [0.15, 0.2) is 0 Å². The van der Waals surface area contributed by atoms with Crippen LogP contribution in [0.15, 0.2) is 12.4 Å². The van der Waals surface area contributed by atoms with Crippen LogP contribution in [-0.2, 0) is 14.3 Å². The van der Waals surface area contributed by atoms with Gasteiger partial charge in [-0.25, -0.2) is 9.97 Å². The van der Waals surface area contributed by atoms with E-state index in [1.165, 1.54) is 0 Å². The molecule has 3 heterocycles. The van der Waals surface area contributed by atoms with E-state index in [0.717, 1.165) is 25.9 Å². The molecule has 3 rings (SSSR count). The first kappa shape index (κ1) is 13.3. The lowest BCUT2D eigenvalue weighted by Gasteiger charge is -2.26. The van der Waals surface area contributed by atoms with Crippen LogP contribution in [0.2, 0.25) is 0 Å². The zero-order valence-corrected chi connectivity index (χ0v) is 11.2. The Morgan fingerprint density at radius 2 is 2.00 bits per heavy atom. The summed E-state index contributed by atoms with van der Waals surface area (Å²) in [5.74, 6) is 0.550. The highest BCUT2D eigenvalue weighted by molar-refractivity contribution is 5.94. The summed E-state index contributed by atoms with van der Waals surface area (Å²) in [5.41, 5.74) is 0.600. The normalized spacial score (nSPS) is 22.8. The number of morpholine rings is 1. The molecule has 1 aromatic heterocycles. The van der Waals surface area contributed by atoms with Gasteiger partial charge in [-0.15, -0.1) is 0 Å². The molecule has 0 aliphatic carbocycles. The summed E-state index contributed by atoms with van der Waals surface area (Å²) in [6.07, 6.45) is 4.63. The summed E-state index contributed by atoms with van der Waals surface area (Å²) >= 11 is 0. The summed E-state index contributed by atoms with van der Waals surface area (Å²) in [7, 11) is 0. The van der Waals surface area contributed by atoms with Crippen molar-refractivity contribution in [1.82, 2.24) is 9.97 Å². The van der Waals surface area contributed by atoms with Gasteiger partial charge in [0.05, 0.1) is 31.3 Å². The molecule has 0 saturated carbocycles. The minimum Gasteiger partial charge on any atom is -0.378 e. The molecule has 1 amide bonds. The highest BCUT2D eigenvalue weighted by Gasteiger charge is 2.23. The summed E-state index contributed by atoms with van der Waals surface area (Å²) < 4.78 is 10.6. The van der Waals surface area contributed by atoms with E-state index in [2.05, 4.69) is 20.2 Å². The van der Waals surface area contributed by atoms with Crippen LogP contribution in [0.3, 0.4) is 0 Å². The van der Waals surface area contributed by atoms with Gasteiger partial charge in [-0.05, 0) is 12.8 Å². The minimum absolute atomic E-state index is 0.120.